The molecule has 0 heterocycles. The van der Waals surface area contributed by atoms with Crippen molar-refractivity contribution < 1.29 is 37.2 Å². The van der Waals surface area contributed by atoms with Crippen LogP contribution >= 0.6 is 0 Å². The van der Waals surface area contributed by atoms with E-state index in [9.17, 15) is 32.9 Å². The average molecular weight is 423 g/mol. The molecule has 0 aliphatic heterocycles. The van der Waals surface area contributed by atoms with Gasteiger partial charge in [-0.1, -0.05) is 0 Å². The van der Waals surface area contributed by atoms with Crippen LogP contribution < -0.4 is 10.1 Å². The van der Waals surface area contributed by atoms with E-state index in [4.69, 9.17) is 10.00 Å². The molecule has 0 unspecified atom stereocenters. The molecule has 9 nitrogen and oxygen atoms in total. The number of hydrogen-bond donors (Lipinski definition) is 1. The number of nitriles is 1. The number of nitrogens with one attached hydrogen (secondary N) is 1. The fourth-order valence-electron chi connectivity index (χ4n) is 2.13. The molecule has 0 aliphatic rings. The largest absolute Gasteiger partial charge is 0.482 e. The van der Waals surface area contributed by atoms with Crippen LogP contribution in [0.5, 0.6) is 5.75 Å². The molecule has 0 bridgehead atoms. The Balaban J connectivity index is 1.91. The van der Waals surface area contributed by atoms with Gasteiger partial charge in [0.2, 0.25) is 0 Å². The fourth-order valence-corrected chi connectivity index (χ4v) is 2.13. The van der Waals surface area contributed by atoms with Crippen LogP contribution in [0.1, 0.15) is 11.1 Å². The Morgan fingerprint density at radius 2 is 1.80 bits per heavy atom. The van der Waals surface area contributed by atoms with Crippen molar-refractivity contribution in [3.8, 4) is 11.8 Å². The highest BCUT2D eigenvalue weighted by atomic mass is 19.4. The molecule has 2 aromatic rings. The second kappa shape index (κ2) is 9.37. The molecule has 0 radical (unpaired) electrons. The van der Waals surface area contributed by atoms with Gasteiger partial charge in [0.05, 0.1) is 27.8 Å². The lowest BCUT2D eigenvalue weighted by Gasteiger charge is -2.13. The number of amides is 1. The van der Waals surface area contributed by atoms with Crippen molar-refractivity contribution in [2.45, 2.75) is 6.18 Å². The summed E-state index contributed by atoms with van der Waals surface area (Å²) in [6, 6.07) is 9.49. The molecule has 12 heteroatoms. The maximum absolute atomic E-state index is 13.1. The first-order chi connectivity index (χ1) is 14.1. The van der Waals surface area contributed by atoms with Crippen molar-refractivity contribution in [1.82, 2.24) is 0 Å². The molecule has 0 aromatic heterocycles. The molecule has 2 aromatic carbocycles. The Kier molecular flexibility index (Phi) is 6.92. The van der Waals surface area contributed by atoms with Gasteiger partial charge in [-0.25, -0.2) is 4.79 Å². The molecule has 2 rings (SSSR count). The summed E-state index contributed by atoms with van der Waals surface area (Å²) >= 11 is 0. The van der Waals surface area contributed by atoms with Crippen molar-refractivity contribution in [2.24, 2.45) is 0 Å². The number of halogens is 3. The minimum Gasteiger partial charge on any atom is -0.482 e. The van der Waals surface area contributed by atoms with Crippen molar-refractivity contribution in [3.63, 3.8) is 0 Å². The number of nitrogens with zero attached hydrogens (tertiary/aromatic N) is 2. The SMILES string of the molecule is N#Cc1ccc(OCC(=O)OCC(=O)Nc2ccc([N+](=O)[O-])cc2C(F)(F)F)cc1. The summed E-state index contributed by atoms with van der Waals surface area (Å²) < 4.78 is 48.9. The maximum atomic E-state index is 13.1. The van der Waals surface area contributed by atoms with E-state index in [1.807, 2.05) is 11.4 Å². The Bertz CT molecular complexity index is 1000. The number of rotatable bonds is 7. The predicted octanol–water partition coefficient (Wildman–Crippen LogP) is 3.05. The highest BCUT2D eigenvalue weighted by molar-refractivity contribution is 5.93. The minimum absolute atomic E-state index is 0.260. The first-order valence-corrected chi connectivity index (χ1v) is 8.04. The van der Waals surface area contributed by atoms with E-state index in [1.54, 1.807) is 0 Å². The number of esters is 1. The summed E-state index contributed by atoms with van der Waals surface area (Å²) in [5.41, 5.74) is -2.55. The summed E-state index contributed by atoms with van der Waals surface area (Å²) in [6.45, 7) is -1.48. The first kappa shape index (κ1) is 22.2. The van der Waals surface area contributed by atoms with Gasteiger partial charge in [0.25, 0.3) is 11.6 Å². The van der Waals surface area contributed by atoms with Gasteiger partial charge in [0.1, 0.15) is 5.75 Å². The number of non-ortho nitro benzene ring substituents is 1. The molecule has 0 saturated heterocycles. The summed E-state index contributed by atoms with van der Waals surface area (Å²) in [6.07, 6.45) is -4.96. The number of carbonyl (C=O) groups excluding carboxylic acids is 2. The van der Waals surface area contributed by atoms with Crippen LogP contribution in [0, 0.1) is 21.4 Å². The number of hydrogen-bond acceptors (Lipinski definition) is 7. The maximum Gasteiger partial charge on any atom is 0.418 e. The lowest BCUT2D eigenvalue weighted by Crippen LogP contribution is -2.24. The first-order valence-electron chi connectivity index (χ1n) is 8.04. The van der Waals surface area contributed by atoms with Gasteiger partial charge < -0.3 is 14.8 Å². The van der Waals surface area contributed by atoms with Crippen molar-refractivity contribution in [3.05, 3.63) is 63.7 Å². The summed E-state index contributed by atoms with van der Waals surface area (Å²) in [5, 5.41) is 21.2. The van der Waals surface area contributed by atoms with Crippen LogP contribution in [0.25, 0.3) is 0 Å². The third kappa shape index (κ3) is 6.20. The van der Waals surface area contributed by atoms with E-state index < -0.39 is 53.1 Å². The minimum atomic E-state index is -4.96. The standard InChI is InChI=1S/C18H12F3N3O6/c19-18(20,21)14-7-12(24(27)28)3-6-15(14)23-16(25)9-30-17(26)10-29-13-4-1-11(8-22)2-5-13/h1-7H,9-10H2,(H,23,25). The molecule has 0 aliphatic carbocycles. The van der Waals surface area contributed by atoms with Gasteiger partial charge in [-0.15, -0.1) is 0 Å². The number of alkyl halides is 3. The molecule has 1 amide bonds. The molecular weight excluding hydrogens is 411 g/mol. The molecule has 0 spiro atoms. The van der Waals surface area contributed by atoms with Crippen LogP contribution in [0.3, 0.4) is 0 Å². The third-order valence-electron chi connectivity index (χ3n) is 3.50. The highest BCUT2D eigenvalue weighted by Gasteiger charge is 2.35. The fraction of sp³-hybridized carbons (Fsp3) is 0.167. The monoisotopic (exact) mass is 423 g/mol. The van der Waals surface area contributed by atoms with Crippen LogP contribution in [-0.2, 0) is 20.5 Å². The van der Waals surface area contributed by atoms with E-state index in [0.717, 1.165) is 12.1 Å². The van der Waals surface area contributed by atoms with Gasteiger partial charge in [0.15, 0.2) is 13.2 Å². The van der Waals surface area contributed by atoms with Crippen molar-refractivity contribution in [2.75, 3.05) is 18.5 Å². The zero-order valence-corrected chi connectivity index (χ0v) is 14.9. The molecule has 156 valence electrons. The number of anilines is 1. The molecule has 0 fully saturated rings. The van der Waals surface area contributed by atoms with E-state index in [2.05, 4.69) is 4.74 Å². The Morgan fingerprint density at radius 1 is 1.13 bits per heavy atom. The molecule has 0 atom stereocenters. The van der Waals surface area contributed by atoms with Crippen LogP contribution in [0.4, 0.5) is 24.5 Å². The quantitative estimate of drug-likeness (QED) is 0.411. The normalized spacial score (nSPS) is 10.6. The second-order valence-electron chi connectivity index (χ2n) is 5.62. The number of ether oxygens (including phenoxy) is 2. The topological polar surface area (TPSA) is 132 Å². The lowest BCUT2D eigenvalue weighted by atomic mass is 10.1. The number of benzene rings is 2. The van der Waals surface area contributed by atoms with Crippen molar-refractivity contribution >= 4 is 23.3 Å². The number of nitro groups is 1. The van der Waals surface area contributed by atoms with E-state index >= 15 is 0 Å². The summed E-state index contributed by atoms with van der Waals surface area (Å²) in [7, 11) is 0. The van der Waals surface area contributed by atoms with Crippen LogP contribution in [0.15, 0.2) is 42.5 Å². The Labute approximate surface area is 166 Å². The van der Waals surface area contributed by atoms with Crippen molar-refractivity contribution in [1.29, 1.82) is 5.26 Å². The zero-order valence-electron chi connectivity index (χ0n) is 14.9. The van der Waals surface area contributed by atoms with E-state index in [-0.39, 0.29) is 11.8 Å². The van der Waals surface area contributed by atoms with Gasteiger partial charge in [-0.2, -0.15) is 18.4 Å². The van der Waals surface area contributed by atoms with E-state index in [0.29, 0.717) is 5.56 Å². The Morgan fingerprint density at radius 3 is 2.37 bits per heavy atom. The average Bonchev–Trinajstić information content (AvgIpc) is 2.70. The number of carbonyl (C=O) groups is 2. The predicted molar refractivity (Wildman–Crippen MR) is 94.3 cm³/mol. The van der Waals surface area contributed by atoms with Crippen LogP contribution in [0.2, 0.25) is 0 Å². The van der Waals surface area contributed by atoms with Gasteiger partial charge in [-0.05, 0) is 30.3 Å². The summed E-state index contributed by atoms with van der Waals surface area (Å²) in [5.74, 6) is -1.79. The Hall–Kier alpha value is -4.14. The summed E-state index contributed by atoms with van der Waals surface area (Å²) in [4.78, 5) is 33.1. The molecule has 0 saturated carbocycles. The smallest absolute Gasteiger partial charge is 0.418 e. The molecule has 30 heavy (non-hydrogen) atoms. The van der Waals surface area contributed by atoms with Crippen LogP contribution in [-0.4, -0.2) is 30.0 Å². The second-order valence-corrected chi connectivity index (χ2v) is 5.62. The highest BCUT2D eigenvalue weighted by Crippen LogP contribution is 2.37. The zero-order chi connectivity index (χ0) is 22.3. The third-order valence-corrected chi connectivity index (χ3v) is 3.50. The lowest BCUT2D eigenvalue weighted by molar-refractivity contribution is -0.385. The molecule has 1 N–H and O–H groups in total. The number of nitro benzene ring substituents is 1. The van der Waals surface area contributed by atoms with Gasteiger partial charge in [-0.3, -0.25) is 14.9 Å². The van der Waals surface area contributed by atoms with E-state index in [1.165, 1.54) is 24.3 Å². The van der Waals surface area contributed by atoms with Gasteiger partial charge >= 0.3 is 12.1 Å². The van der Waals surface area contributed by atoms with Gasteiger partial charge in [0, 0.05) is 12.1 Å². The molecular formula is C18H12F3N3O6.